The van der Waals surface area contributed by atoms with Gasteiger partial charge >= 0.3 is 0 Å². The minimum absolute atomic E-state index is 0.0910. The Kier molecular flexibility index (Phi) is 1.03. The van der Waals surface area contributed by atoms with Crippen LogP contribution in [0.5, 0.6) is 0 Å². The van der Waals surface area contributed by atoms with Crippen LogP contribution in [0.2, 0.25) is 5.02 Å². The molecular weight excluding hydrogens is 132 g/mol. The Morgan fingerprint density at radius 2 is 2.22 bits per heavy atom. The van der Waals surface area contributed by atoms with Crippen LogP contribution in [0.15, 0.2) is 30.8 Å². The number of rotatable bonds is 1. The van der Waals surface area contributed by atoms with Crippen LogP contribution in [0.3, 0.4) is 0 Å². The van der Waals surface area contributed by atoms with E-state index < -0.39 is 6.53 Å². The molecule has 0 amide bonds. The van der Waals surface area contributed by atoms with Gasteiger partial charge in [0.1, 0.15) is 0 Å². The third-order valence-corrected chi connectivity index (χ3v) is 1.24. The fraction of sp³-hybridized carbons (Fsp3) is 0. The Morgan fingerprint density at radius 3 is 2.78 bits per heavy atom. The lowest BCUT2D eigenvalue weighted by atomic mass is 10.2. The molecule has 1 aromatic carbocycles. The van der Waals surface area contributed by atoms with Crippen molar-refractivity contribution in [2.45, 2.75) is 0 Å². The Balaban J connectivity index is 3.06. The van der Waals surface area contributed by atoms with E-state index in [9.17, 15) is 0 Å². The molecule has 0 saturated heterocycles. The molecule has 0 nitrogen and oxygen atoms in total. The molecule has 0 bridgehead atoms. The smallest absolute Gasteiger partial charge is 0.0623 e. The van der Waals surface area contributed by atoms with Crippen LogP contribution in [0, 0.1) is 0 Å². The minimum atomic E-state index is -0.489. The Hall–Kier alpha value is -0.750. The van der Waals surface area contributed by atoms with Gasteiger partial charge in [-0.15, -0.1) is 0 Å². The maximum Gasteiger partial charge on any atom is 0.0623 e. The molecule has 0 aliphatic heterocycles. The van der Waals surface area contributed by atoms with Crippen molar-refractivity contribution in [3.05, 3.63) is 41.4 Å². The molecule has 0 spiro atoms. The van der Waals surface area contributed by atoms with E-state index in [1.54, 1.807) is 24.3 Å². The van der Waals surface area contributed by atoms with Crippen LogP contribution in [-0.4, -0.2) is 0 Å². The van der Waals surface area contributed by atoms with Crippen molar-refractivity contribution in [3.8, 4) is 0 Å². The summed E-state index contributed by atoms with van der Waals surface area (Å²) in [6, 6.07) is 6.41. The van der Waals surface area contributed by atoms with Crippen molar-refractivity contribution in [1.29, 1.82) is 0 Å². The second-order valence-corrected chi connectivity index (χ2v) is 2.07. The largest absolute Gasteiger partial charge is 0.0985 e. The normalized spacial score (nSPS) is 13.2. The highest BCUT2D eigenvalue weighted by Crippen LogP contribution is 2.09. The summed E-state index contributed by atoms with van der Waals surface area (Å²) in [5.41, 5.74) is 0.541. The molecule has 0 atom stereocenters. The molecule has 0 aliphatic rings. The predicted octanol–water partition coefficient (Wildman–Crippen LogP) is 2.98. The summed E-state index contributed by atoms with van der Waals surface area (Å²) in [6.07, 6.45) is 0. The summed E-state index contributed by atoms with van der Waals surface area (Å²) in [7, 11) is 0. The molecule has 0 aromatic heterocycles. The highest BCUT2D eigenvalue weighted by molar-refractivity contribution is 6.30. The van der Waals surface area contributed by atoms with Crippen molar-refractivity contribution >= 4 is 17.7 Å². The van der Waals surface area contributed by atoms with Crippen molar-refractivity contribution in [3.63, 3.8) is 0 Å². The lowest BCUT2D eigenvalue weighted by molar-refractivity contribution is 1.66. The summed E-state index contributed by atoms with van der Waals surface area (Å²) in [6.45, 7) is -0.489. The maximum atomic E-state index is 7.30. The van der Waals surface area contributed by atoms with Crippen LogP contribution in [0.4, 0.5) is 0 Å². The van der Waals surface area contributed by atoms with Gasteiger partial charge in [-0.25, -0.2) is 0 Å². The van der Waals surface area contributed by atoms with Gasteiger partial charge in [-0.3, -0.25) is 0 Å². The van der Waals surface area contributed by atoms with E-state index in [0.29, 0.717) is 10.6 Å². The van der Waals surface area contributed by atoms with E-state index in [-0.39, 0.29) is 6.05 Å². The predicted molar refractivity (Wildman–Crippen MR) is 41.5 cm³/mol. The van der Waals surface area contributed by atoms with Crippen molar-refractivity contribution in [1.82, 2.24) is 0 Å². The molecule has 0 fully saturated rings. The summed E-state index contributed by atoms with van der Waals surface area (Å²) in [4.78, 5) is 0. The molecule has 0 N–H and O–H groups in total. The third-order valence-electron chi connectivity index (χ3n) is 0.989. The lowest BCUT2D eigenvalue weighted by Crippen LogP contribution is -1.67. The number of hydrogen-bond acceptors (Lipinski definition) is 0. The summed E-state index contributed by atoms with van der Waals surface area (Å²) in [5.74, 6) is 0. The molecule has 46 valence electrons. The van der Waals surface area contributed by atoms with E-state index in [4.69, 9.17) is 15.7 Å². The van der Waals surface area contributed by atoms with Gasteiger partial charge < -0.3 is 0 Å². The zero-order valence-corrected chi connectivity index (χ0v) is 5.44. The summed E-state index contributed by atoms with van der Waals surface area (Å²) < 4.78 is 21.1. The fourth-order valence-electron chi connectivity index (χ4n) is 0.533. The van der Waals surface area contributed by atoms with E-state index >= 15 is 0 Å². The first-order valence-electron chi connectivity index (χ1n) is 4.01. The lowest BCUT2D eigenvalue weighted by Gasteiger charge is -1.89. The monoisotopic (exact) mass is 141 g/mol. The number of hydrogen-bond donors (Lipinski definition) is 0. The van der Waals surface area contributed by atoms with Crippen LogP contribution in [0.1, 0.15) is 9.68 Å². The zero-order valence-electron chi connectivity index (χ0n) is 7.69. The maximum absolute atomic E-state index is 7.30. The standard InChI is InChI=1S/C8H7Cl/c1-2-7-3-5-8(9)6-4-7/h2-6H,1H2/i1D2,2D. The molecule has 1 heteroatoms. The molecule has 0 unspecified atom stereocenters. The molecule has 9 heavy (non-hydrogen) atoms. The number of benzene rings is 1. The van der Waals surface area contributed by atoms with Gasteiger partial charge in [0.2, 0.25) is 0 Å². The molecule has 1 aromatic rings. The van der Waals surface area contributed by atoms with Gasteiger partial charge in [0, 0.05) is 5.02 Å². The summed E-state index contributed by atoms with van der Waals surface area (Å²) in [5, 5.41) is 0.586. The topological polar surface area (TPSA) is 0 Å². The molecule has 0 heterocycles. The average Bonchev–Trinajstić information content (AvgIpc) is 2.04. The van der Waals surface area contributed by atoms with Gasteiger partial charge in [-0.2, -0.15) is 0 Å². The Morgan fingerprint density at radius 1 is 1.56 bits per heavy atom. The zero-order chi connectivity index (χ0) is 9.14. The van der Waals surface area contributed by atoms with Crippen molar-refractivity contribution in [2.75, 3.05) is 0 Å². The van der Waals surface area contributed by atoms with Crippen LogP contribution < -0.4 is 0 Å². The van der Waals surface area contributed by atoms with E-state index in [1.807, 2.05) is 0 Å². The molecule has 0 aliphatic carbocycles. The van der Waals surface area contributed by atoms with Crippen LogP contribution in [-0.2, 0) is 0 Å². The molecule has 1 rings (SSSR count). The van der Waals surface area contributed by atoms with Gasteiger partial charge in [-0.05, 0) is 17.7 Å². The first kappa shape index (κ1) is 3.43. The van der Waals surface area contributed by atoms with Crippen molar-refractivity contribution < 1.29 is 4.11 Å². The van der Waals surface area contributed by atoms with Crippen molar-refractivity contribution in [2.24, 2.45) is 0 Å². The Bertz CT molecular complexity index is 299. The summed E-state index contributed by atoms with van der Waals surface area (Å²) >= 11 is 5.62. The van der Waals surface area contributed by atoms with Gasteiger partial charge in [-0.1, -0.05) is 36.3 Å². The average molecular weight is 142 g/mol. The van der Waals surface area contributed by atoms with E-state index in [2.05, 4.69) is 0 Å². The fourth-order valence-corrected chi connectivity index (χ4v) is 0.659. The molecule has 0 radical (unpaired) electrons. The first-order valence-corrected chi connectivity index (χ1v) is 2.89. The SMILES string of the molecule is [2H]C([2H])=C([2H])c1ccc(Cl)cc1. The Labute approximate surface area is 64.0 Å². The second-order valence-electron chi connectivity index (χ2n) is 1.63. The highest BCUT2D eigenvalue weighted by atomic mass is 35.5. The van der Waals surface area contributed by atoms with Crippen LogP contribution >= 0.6 is 11.6 Å². The second kappa shape index (κ2) is 2.70. The van der Waals surface area contributed by atoms with Gasteiger partial charge in [0.15, 0.2) is 0 Å². The van der Waals surface area contributed by atoms with Gasteiger partial charge in [0.05, 0.1) is 4.11 Å². The number of halogens is 1. The van der Waals surface area contributed by atoms with Crippen LogP contribution in [0.25, 0.3) is 6.05 Å². The highest BCUT2D eigenvalue weighted by Gasteiger charge is 1.84. The molecular formula is C8H7Cl. The molecule has 0 saturated carbocycles. The first-order chi connectivity index (χ1) is 5.61. The van der Waals surface area contributed by atoms with E-state index in [0.717, 1.165) is 0 Å². The van der Waals surface area contributed by atoms with E-state index in [1.165, 1.54) is 0 Å². The van der Waals surface area contributed by atoms with Gasteiger partial charge in [0.25, 0.3) is 0 Å². The minimum Gasteiger partial charge on any atom is -0.0985 e. The quantitative estimate of drug-likeness (QED) is 0.564. The third kappa shape index (κ3) is 1.58.